The highest BCUT2D eigenvalue weighted by Gasteiger charge is 2.51. The predicted octanol–water partition coefficient (Wildman–Crippen LogP) is 20.1. The summed E-state index contributed by atoms with van der Waals surface area (Å²) in [7, 11) is 0. The number of carbonyl (C=O) groups is 1. The van der Waals surface area contributed by atoms with Crippen LogP contribution in [0.2, 0.25) is 0 Å². The van der Waals surface area contributed by atoms with Gasteiger partial charge in [0, 0.05) is 6.42 Å². The van der Waals surface area contributed by atoms with Crippen LogP contribution in [0.5, 0.6) is 0 Å². The molecule has 2 fully saturated rings. The van der Waals surface area contributed by atoms with Crippen LogP contribution in [0.3, 0.4) is 0 Å². The standard InChI is InChI=1S/C87H159NO13/c1-3-5-7-9-11-13-15-17-19-21-23-25-27-29-31-33-35-36-37-38-39-40-41-43-45-47-49-51-53-55-57-59-61-63-65-67-69-71-79(92)88-75(74-98-86-84(97)82(95)85(78(73-90)100-86)101-87-83(96)81(94)80(93)77(72-89)99-87)76(91)70-68-66-64-62-60-58-56-54-52-50-48-46-44-42-34-32-30-28-26-24-22-20-18-16-14-12-10-8-6-4-2/h5,7,11,13,17,19,23,25,29,31,35-36,75-78,80-87,89-91,93-97H,3-4,6,8-10,12,14-16,18,20-22,24,26-28,30,32-34,37-74H2,1-2H3,(H,88,92)/b7-5-,13-11-,19-17-,25-23-,31-29-,36-35-. The lowest BCUT2D eigenvalue weighted by Crippen LogP contribution is -2.65. The molecule has 2 heterocycles. The molecule has 0 saturated carbocycles. The number of hydrogen-bond donors (Lipinski definition) is 9. The zero-order valence-corrected chi connectivity index (χ0v) is 64.9. The lowest BCUT2D eigenvalue weighted by molar-refractivity contribution is -0.359. The molecule has 1 amide bonds. The van der Waals surface area contributed by atoms with Gasteiger partial charge in [-0.3, -0.25) is 4.79 Å². The molecular formula is C87H159NO13. The van der Waals surface area contributed by atoms with Crippen LogP contribution >= 0.6 is 0 Å². The Bertz CT molecular complexity index is 1980. The van der Waals surface area contributed by atoms with Crippen molar-refractivity contribution in [1.29, 1.82) is 0 Å². The van der Waals surface area contributed by atoms with Gasteiger partial charge in [-0.05, 0) is 64.2 Å². The average Bonchev–Trinajstić information content (AvgIpc) is 0.792. The van der Waals surface area contributed by atoms with Crippen LogP contribution in [0.15, 0.2) is 72.9 Å². The Kier molecular flexibility index (Phi) is 65.9. The van der Waals surface area contributed by atoms with Gasteiger partial charge in [0.05, 0.1) is 32.0 Å². The molecule has 0 aromatic carbocycles. The van der Waals surface area contributed by atoms with Gasteiger partial charge in [0.15, 0.2) is 12.6 Å². The maximum absolute atomic E-state index is 13.4. The fourth-order valence-electron chi connectivity index (χ4n) is 14.0. The number of carbonyl (C=O) groups excluding carboxylic acids is 1. The molecule has 9 N–H and O–H groups in total. The van der Waals surface area contributed by atoms with Crippen molar-refractivity contribution in [3.63, 3.8) is 0 Å². The summed E-state index contributed by atoms with van der Waals surface area (Å²) in [6, 6.07) is -0.833. The number of hydrogen-bond acceptors (Lipinski definition) is 13. The average molecular weight is 1430 g/mol. The van der Waals surface area contributed by atoms with Gasteiger partial charge in [-0.1, -0.05) is 382 Å². The number of aliphatic hydroxyl groups is 8. The second-order valence-electron chi connectivity index (χ2n) is 29.9. The highest BCUT2D eigenvalue weighted by Crippen LogP contribution is 2.31. The monoisotopic (exact) mass is 1430 g/mol. The molecular weight excluding hydrogens is 1270 g/mol. The molecule has 0 bridgehead atoms. The fourth-order valence-corrected chi connectivity index (χ4v) is 14.0. The Balaban J connectivity index is 1.58. The Morgan fingerprint density at radius 3 is 1.05 bits per heavy atom. The number of unbranched alkanes of at least 4 members (excludes halogenated alkanes) is 47. The van der Waals surface area contributed by atoms with E-state index in [1.807, 2.05) is 0 Å². The van der Waals surface area contributed by atoms with Gasteiger partial charge in [0.1, 0.15) is 48.8 Å². The minimum atomic E-state index is -1.78. The highest BCUT2D eigenvalue weighted by molar-refractivity contribution is 5.76. The van der Waals surface area contributed by atoms with E-state index in [4.69, 9.17) is 18.9 Å². The first-order chi connectivity index (χ1) is 49.6. The second kappa shape index (κ2) is 70.4. The van der Waals surface area contributed by atoms with E-state index < -0.39 is 86.8 Å². The van der Waals surface area contributed by atoms with Gasteiger partial charge in [-0.15, -0.1) is 0 Å². The van der Waals surface area contributed by atoms with E-state index in [1.165, 1.54) is 263 Å². The van der Waals surface area contributed by atoms with E-state index in [2.05, 4.69) is 92.1 Å². The third-order valence-corrected chi connectivity index (χ3v) is 20.7. The Morgan fingerprint density at radius 1 is 0.366 bits per heavy atom. The number of allylic oxidation sites excluding steroid dienone is 12. The molecule has 0 aliphatic carbocycles. The Morgan fingerprint density at radius 2 is 0.683 bits per heavy atom. The summed E-state index contributed by atoms with van der Waals surface area (Å²) < 4.78 is 23.0. The van der Waals surface area contributed by atoms with E-state index >= 15 is 0 Å². The van der Waals surface area contributed by atoms with Crippen LogP contribution in [-0.2, 0) is 23.7 Å². The van der Waals surface area contributed by atoms with Crippen molar-refractivity contribution in [2.24, 2.45) is 0 Å². The Hall–Kier alpha value is -2.57. The van der Waals surface area contributed by atoms with Crippen molar-refractivity contribution in [3.8, 4) is 0 Å². The molecule has 14 heteroatoms. The molecule has 2 aliphatic heterocycles. The van der Waals surface area contributed by atoms with Gasteiger partial charge in [0.25, 0.3) is 0 Å². The lowest BCUT2D eigenvalue weighted by Gasteiger charge is -2.46. The third kappa shape index (κ3) is 53.0. The van der Waals surface area contributed by atoms with Crippen molar-refractivity contribution < 1.29 is 64.6 Å². The third-order valence-electron chi connectivity index (χ3n) is 20.7. The number of amides is 1. The minimum Gasteiger partial charge on any atom is -0.394 e. The first-order valence-electron chi connectivity index (χ1n) is 42.7. The van der Waals surface area contributed by atoms with E-state index in [1.54, 1.807) is 0 Å². The topological polar surface area (TPSA) is 228 Å². The first-order valence-corrected chi connectivity index (χ1v) is 42.7. The number of ether oxygens (including phenoxy) is 4. The zero-order chi connectivity index (χ0) is 73.0. The normalized spacial score (nSPS) is 22.1. The lowest BCUT2D eigenvalue weighted by atomic mass is 9.97. The summed E-state index contributed by atoms with van der Waals surface area (Å²) in [6.07, 6.45) is 81.0. The zero-order valence-electron chi connectivity index (χ0n) is 64.9. The number of nitrogens with one attached hydrogen (secondary N) is 1. The quantitative estimate of drug-likeness (QED) is 0.0204. The van der Waals surface area contributed by atoms with E-state index in [0.717, 1.165) is 89.9 Å². The second-order valence-corrected chi connectivity index (χ2v) is 29.9. The fraction of sp³-hybridized carbons (Fsp3) is 0.851. The minimum absolute atomic E-state index is 0.201. The molecule has 2 aliphatic rings. The van der Waals surface area contributed by atoms with Gasteiger partial charge in [-0.2, -0.15) is 0 Å². The van der Waals surface area contributed by atoms with Crippen molar-refractivity contribution in [2.45, 2.75) is 453 Å². The van der Waals surface area contributed by atoms with Gasteiger partial charge in [-0.25, -0.2) is 0 Å². The van der Waals surface area contributed by atoms with Crippen molar-refractivity contribution in [1.82, 2.24) is 5.32 Å². The van der Waals surface area contributed by atoms with Crippen LogP contribution in [0.25, 0.3) is 0 Å². The molecule has 2 rings (SSSR count). The predicted molar refractivity (Wildman–Crippen MR) is 420 cm³/mol. The molecule has 0 radical (unpaired) electrons. The summed E-state index contributed by atoms with van der Waals surface area (Å²) in [6.45, 7) is 2.81. The maximum atomic E-state index is 13.4. The summed E-state index contributed by atoms with van der Waals surface area (Å²) in [5.41, 5.74) is 0. The summed E-state index contributed by atoms with van der Waals surface area (Å²) in [5, 5.41) is 88.0. The van der Waals surface area contributed by atoms with Crippen molar-refractivity contribution in [3.05, 3.63) is 72.9 Å². The highest BCUT2D eigenvalue weighted by atomic mass is 16.7. The van der Waals surface area contributed by atoms with Crippen molar-refractivity contribution in [2.75, 3.05) is 19.8 Å². The first kappa shape index (κ1) is 94.5. The Labute approximate surface area is 618 Å². The van der Waals surface area contributed by atoms with Gasteiger partial charge < -0.3 is 65.1 Å². The largest absolute Gasteiger partial charge is 0.394 e. The molecule has 0 aromatic heterocycles. The van der Waals surface area contributed by atoms with Crippen LogP contribution in [0.1, 0.15) is 380 Å². The molecule has 12 atom stereocenters. The molecule has 590 valence electrons. The smallest absolute Gasteiger partial charge is 0.220 e. The SMILES string of the molecule is CC/C=C\C/C=C\C/C=C\C/C=C\C/C=C\C/C=C\CCCCCCCCCCCCCCCCCCCCC(=O)NC(COC1OC(CO)C(OC2OC(CO)C(O)C(O)C2O)C(O)C1O)C(O)CCCCCCCCCCCCCCCCCCCCCCCCCCCCCCCC. The van der Waals surface area contributed by atoms with Crippen LogP contribution in [-0.4, -0.2) is 140 Å². The van der Waals surface area contributed by atoms with E-state index in [0.29, 0.717) is 12.8 Å². The van der Waals surface area contributed by atoms with Crippen molar-refractivity contribution >= 4 is 5.91 Å². The summed E-state index contributed by atoms with van der Waals surface area (Å²) in [5.74, 6) is -0.201. The number of rotatable bonds is 72. The molecule has 101 heavy (non-hydrogen) atoms. The van der Waals surface area contributed by atoms with E-state index in [9.17, 15) is 45.6 Å². The van der Waals surface area contributed by atoms with Crippen LogP contribution in [0, 0.1) is 0 Å². The van der Waals surface area contributed by atoms with Crippen LogP contribution in [0.4, 0.5) is 0 Å². The summed E-state index contributed by atoms with van der Waals surface area (Å²) in [4.78, 5) is 13.4. The molecule has 2 saturated heterocycles. The number of aliphatic hydroxyl groups excluding tert-OH is 8. The van der Waals surface area contributed by atoms with Crippen LogP contribution < -0.4 is 5.32 Å². The molecule has 12 unspecified atom stereocenters. The molecule has 0 spiro atoms. The maximum Gasteiger partial charge on any atom is 0.220 e. The van der Waals surface area contributed by atoms with Gasteiger partial charge >= 0.3 is 0 Å². The van der Waals surface area contributed by atoms with E-state index in [-0.39, 0.29) is 12.5 Å². The molecule has 0 aromatic rings. The summed E-state index contributed by atoms with van der Waals surface area (Å²) >= 11 is 0. The molecule has 14 nitrogen and oxygen atoms in total. The van der Waals surface area contributed by atoms with Gasteiger partial charge in [0.2, 0.25) is 5.91 Å².